The molecule has 0 radical (unpaired) electrons. The Morgan fingerprint density at radius 3 is 2.67 bits per heavy atom. The lowest BCUT2D eigenvalue weighted by Crippen LogP contribution is -1.90. The van der Waals surface area contributed by atoms with Gasteiger partial charge in [-0.1, -0.05) is 23.2 Å². The van der Waals surface area contributed by atoms with Crippen molar-refractivity contribution in [3.05, 3.63) is 32.8 Å². The molecule has 3 nitrogen and oxygen atoms in total. The summed E-state index contributed by atoms with van der Waals surface area (Å²) in [5.41, 5.74) is 0.848. The van der Waals surface area contributed by atoms with Crippen LogP contribution in [0.25, 0.3) is 0 Å². The average Bonchev–Trinajstić information content (AvgIpc) is 2.59. The van der Waals surface area contributed by atoms with Crippen LogP contribution in [-0.4, -0.2) is 8.75 Å². The summed E-state index contributed by atoms with van der Waals surface area (Å²) in [6, 6.07) is 5.46. The lowest BCUT2D eigenvalue weighted by molar-refractivity contribution is 1.44. The summed E-state index contributed by atoms with van der Waals surface area (Å²) in [7, 11) is 0. The Balaban J connectivity index is 2.25. The minimum absolute atomic E-state index is 0.367. The van der Waals surface area contributed by atoms with Crippen LogP contribution >= 0.6 is 50.9 Å². The highest BCUT2D eigenvalue weighted by molar-refractivity contribution is 9.10. The Morgan fingerprint density at radius 1 is 1.27 bits per heavy atom. The molecule has 0 spiro atoms. The second-order valence-corrected chi connectivity index (χ2v) is 4.81. The largest absolute Gasteiger partial charge is 0.337 e. The molecule has 2 rings (SSSR count). The third-order valence-electron chi connectivity index (χ3n) is 1.63. The van der Waals surface area contributed by atoms with Gasteiger partial charge in [0.15, 0.2) is 11.0 Å². The molecule has 2 aromatic rings. The van der Waals surface area contributed by atoms with Gasteiger partial charge in [0, 0.05) is 10.2 Å². The SMILES string of the molecule is Clc1ccc(Nc2nsnc2Cl)cc1Br. The van der Waals surface area contributed by atoms with Crippen LogP contribution in [0.3, 0.4) is 0 Å². The number of anilines is 2. The maximum absolute atomic E-state index is 5.87. The number of nitrogens with zero attached hydrogens (tertiary/aromatic N) is 2. The zero-order valence-electron chi connectivity index (χ0n) is 7.17. The maximum Gasteiger partial charge on any atom is 0.187 e. The molecule has 0 aliphatic carbocycles. The molecule has 1 aromatic heterocycles. The molecule has 1 heterocycles. The molecule has 0 fully saturated rings. The van der Waals surface area contributed by atoms with Gasteiger partial charge >= 0.3 is 0 Å². The van der Waals surface area contributed by atoms with Crippen LogP contribution in [0.1, 0.15) is 0 Å². The van der Waals surface area contributed by atoms with E-state index in [4.69, 9.17) is 23.2 Å². The number of hydrogen-bond donors (Lipinski definition) is 1. The zero-order valence-corrected chi connectivity index (χ0v) is 11.1. The topological polar surface area (TPSA) is 37.8 Å². The van der Waals surface area contributed by atoms with Gasteiger partial charge in [-0.15, -0.1) is 0 Å². The van der Waals surface area contributed by atoms with Gasteiger partial charge in [-0.3, -0.25) is 0 Å². The summed E-state index contributed by atoms with van der Waals surface area (Å²) in [6.45, 7) is 0. The van der Waals surface area contributed by atoms with Crippen molar-refractivity contribution in [1.29, 1.82) is 0 Å². The first kappa shape index (κ1) is 11.1. The van der Waals surface area contributed by atoms with E-state index in [-0.39, 0.29) is 0 Å². The van der Waals surface area contributed by atoms with Gasteiger partial charge in [-0.05, 0) is 34.1 Å². The Morgan fingerprint density at radius 2 is 2.07 bits per heavy atom. The highest BCUT2D eigenvalue weighted by Crippen LogP contribution is 2.28. The fourth-order valence-corrected chi connectivity index (χ4v) is 2.10. The predicted molar refractivity (Wildman–Crippen MR) is 67.4 cm³/mol. The number of aromatic nitrogens is 2. The van der Waals surface area contributed by atoms with Crippen molar-refractivity contribution in [3.8, 4) is 0 Å². The molecule has 1 aromatic carbocycles. The van der Waals surface area contributed by atoms with Crippen LogP contribution in [0.5, 0.6) is 0 Å². The van der Waals surface area contributed by atoms with Crippen molar-refractivity contribution < 1.29 is 0 Å². The second-order valence-electron chi connectivity index (χ2n) is 2.66. The molecule has 0 saturated heterocycles. The van der Waals surface area contributed by atoms with Gasteiger partial charge in [0.25, 0.3) is 0 Å². The average molecular weight is 325 g/mol. The van der Waals surface area contributed by atoms with Crippen LogP contribution < -0.4 is 5.32 Å². The smallest absolute Gasteiger partial charge is 0.187 e. The van der Waals surface area contributed by atoms with E-state index in [1.54, 1.807) is 6.07 Å². The summed E-state index contributed by atoms with van der Waals surface area (Å²) in [6.07, 6.45) is 0. The molecule has 0 saturated carbocycles. The van der Waals surface area contributed by atoms with E-state index >= 15 is 0 Å². The monoisotopic (exact) mass is 323 g/mol. The fourth-order valence-electron chi connectivity index (χ4n) is 0.963. The normalized spacial score (nSPS) is 10.3. The van der Waals surface area contributed by atoms with E-state index in [9.17, 15) is 0 Å². The van der Waals surface area contributed by atoms with E-state index < -0.39 is 0 Å². The van der Waals surface area contributed by atoms with Crippen LogP contribution in [-0.2, 0) is 0 Å². The molecule has 15 heavy (non-hydrogen) atoms. The van der Waals surface area contributed by atoms with Crippen LogP contribution in [0, 0.1) is 0 Å². The number of halogens is 3. The lowest BCUT2D eigenvalue weighted by Gasteiger charge is -2.04. The lowest BCUT2D eigenvalue weighted by atomic mass is 10.3. The van der Waals surface area contributed by atoms with Crippen molar-refractivity contribution in [2.24, 2.45) is 0 Å². The Hall–Kier alpha value is -0.360. The summed E-state index contributed by atoms with van der Waals surface area (Å²) in [4.78, 5) is 0. The Bertz CT molecular complexity index is 488. The summed E-state index contributed by atoms with van der Waals surface area (Å²) in [5.74, 6) is 0.552. The molecule has 0 bridgehead atoms. The molecule has 1 N–H and O–H groups in total. The summed E-state index contributed by atoms with van der Waals surface area (Å²) in [5, 5.41) is 4.06. The highest BCUT2D eigenvalue weighted by Gasteiger charge is 2.06. The first-order valence-electron chi connectivity index (χ1n) is 3.87. The maximum atomic E-state index is 5.87. The van der Waals surface area contributed by atoms with E-state index in [0.29, 0.717) is 16.0 Å². The van der Waals surface area contributed by atoms with Crippen molar-refractivity contribution in [3.63, 3.8) is 0 Å². The minimum Gasteiger partial charge on any atom is -0.337 e. The van der Waals surface area contributed by atoms with Crippen molar-refractivity contribution in [1.82, 2.24) is 8.75 Å². The quantitative estimate of drug-likeness (QED) is 0.892. The Kier molecular flexibility index (Phi) is 3.45. The number of hydrogen-bond acceptors (Lipinski definition) is 4. The van der Waals surface area contributed by atoms with Gasteiger partial charge in [-0.25, -0.2) is 0 Å². The number of nitrogens with one attached hydrogen (secondary N) is 1. The standard InChI is InChI=1S/C8H4BrCl2N3S/c9-5-3-4(1-2-6(5)10)12-8-7(11)13-15-14-8/h1-3H,(H,12,14). The molecule has 78 valence electrons. The van der Waals surface area contributed by atoms with Gasteiger partial charge < -0.3 is 5.32 Å². The van der Waals surface area contributed by atoms with Crippen molar-refractivity contribution >= 4 is 62.4 Å². The van der Waals surface area contributed by atoms with Crippen molar-refractivity contribution in [2.45, 2.75) is 0 Å². The second kappa shape index (κ2) is 4.65. The van der Waals surface area contributed by atoms with E-state index in [0.717, 1.165) is 21.9 Å². The number of benzene rings is 1. The molecule has 0 aliphatic rings. The van der Waals surface area contributed by atoms with Crippen LogP contribution in [0.4, 0.5) is 11.5 Å². The first-order valence-corrected chi connectivity index (χ1v) is 6.15. The summed E-state index contributed by atoms with van der Waals surface area (Å²) >= 11 is 16.1. The molecule has 0 unspecified atom stereocenters. The molecule has 0 atom stereocenters. The molecular formula is C8H4BrCl2N3S. The minimum atomic E-state index is 0.367. The van der Waals surface area contributed by atoms with Crippen LogP contribution in [0.2, 0.25) is 10.2 Å². The third-order valence-corrected chi connectivity index (χ3v) is 3.74. The highest BCUT2D eigenvalue weighted by atomic mass is 79.9. The van der Waals surface area contributed by atoms with Gasteiger partial charge in [0.05, 0.1) is 16.8 Å². The first-order chi connectivity index (χ1) is 7.16. The predicted octanol–water partition coefficient (Wildman–Crippen LogP) is 4.35. The molecule has 7 heteroatoms. The van der Waals surface area contributed by atoms with E-state index in [1.807, 2.05) is 12.1 Å². The van der Waals surface area contributed by atoms with Gasteiger partial charge in [0.2, 0.25) is 0 Å². The third kappa shape index (κ3) is 2.60. The van der Waals surface area contributed by atoms with Crippen LogP contribution in [0.15, 0.2) is 22.7 Å². The molecule has 0 aliphatic heterocycles. The summed E-state index contributed by atoms with van der Waals surface area (Å²) < 4.78 is 8.66. The van der Waals surface area contributed by atoms with Crippen molar-refractivity contribution in [2.75, 3.05) is 5.32 Å². The zero-order chi connectivity index (χ0) is 10.8. The molecule has 0 amide bonds. The van der Waals surface area contributed by atoms with E-state index in [1.165, 1.54) is 0 Å². The van der Waals surface area contributed by atoms with Gasteiger partial charge in [-0.2, -0.15) is 8.75 Å². The van der Waals surface area contributed by atoms with Gasteiger partial charge in [0.1, 0.15) is 0 Å². The molecular weight excluding hydrogens is 321 g/mol. The fraction of sp³-hybridized carbons (Fsp3) is 0. The van der Waals surface area contributed by atoms with E-state index in [2.05, 4.69) is 30.0 Å². The number of rotatable bonds is 2. The Labute approximate surface area is 109 Å².